The molecule has 1 N–H and O–H groups in total. The summed E-state index contributed by atoms with van der Waals surface area (Å²) in [5.74, 6) is -6.44. The number of hydrogen-bond donors (Lipinski definition) is 1. The van der Waals surface area contributed by atoms with Gasteiger partial charge in [-0.1, -0.05) is 72.8 Å². The molecule has 3 aromatic carbocycles. The summed E-state index contributed by atoms with van der Waals surface area (Å²) in [6.45, 7) is 1.13. The highest BCUT2D eigenvalue weighted by molar-refractivity contribution is 6.02. The third-order valence-electron chi connectivity index (χ3n) is 6.69. The fraction of sp³-hybridized carbons (Fsp3) is 0.276. The van der Waals surface area contributed by atoms with Gasteiger partial charge in [-0.15, -0.1) is 0 Å². The van der Waals surface area contributed by atoms with Gasteiger partial charge < -0.3 is 14.6 Å². The molecule has 9 nitrogen and oxygen atoms in total. The zero-order chi connectivity index (χ0) is 27.3. The summed E-state index contributed by atoms with van der Waals surface area (Å²) in [4.78, 5) is 50.9. The summed E-state index contributed by atoms with van der Waals surface area (Å²) >= 11 is 0. The van der Waals surface area contributed by atoms with E-state index in [4.69, 9.17) is 9.47 Å². The van der Waals surface area contributed by atoms with Crippen molar-refractivity contribution in [2.45, 2.75) is 38.1 Å². The number of ketones is 1. The molecular formula is C29H27NO8. The lowest BCUT2D eigenvalue weighted by Crippen LogP contribution is -2.55. The number of benzene rings is 3. The maximum absolute atomic E-state index is 13.5. The number of nitro benzene ring substituents is 1. The minimum atomic E-state index is -1.88. The van der Waals surface area contributed by atoms with Gasteiger partial charge in [-0.05, 0) is 23.6 Å². The molecule has 9 heteroatoms. The molecule has 1 saturated carbocycles. The van der Waals surface area contributed by atoms with E-state index in [1.807, 2.05) is 12.1 Å². The molecule has 0 bridgehead atoms. The summed E-state index contributed by atoms with van der Waals surface area (Å²) < 4.78 is 11.0. The molecule has 0 aliphatic heterocycles. The molecule has 4 rings (SSSR count). The number of non-ortho nitro benzene ring substituents is 1. The van der Waals surface area contributed by atoms with Gasteiger partial charge in [-0.25, -0.2) is 0 Å². The summed E-state index contributed by atoms with van der Waals surface area (Å²) in [6.07, 6.45) is -0.491. The van der Waals surface area contributed by atoms with Gasteiger partial charge in [0.2, 0.25) is 0 Å². The molecule has 0 radical (unpaired) electrons. The summed E-state index contributed by atoms with van der Waals surface area (Å²) in [5.41, 5.74) is -0.583. The van der Waals surface area contributed by atoms with E-state index >= 15 is 0 Å². The first-order valence-corrected chi connectivity index (χ1v) is 12.1. The van der Waals surface area contributed by atoms with Gasteiger partial charge in [0, 0.05) is 24.5 Å². The fourth-order valence-electron chi connectivity index (χ4n) is 4.90. The second kappa shape index (κ2) is 11.4. The largest absolute Gasteiger partial charge is 0.461 e. The maximum atomic E-state index is 13.5. The Bertz CT molecular complexity index is 1320. The third-order valence-corrected chi connectivity index (χ3v) is 6.69. The average molecular weight is 518 g/mol. The molecule has 0 saturated heterocycles. The molecule has 3 aromatic rings. The predicted octanol–water partition coefficient (Wildman–Crippen LogP) is 4.12. The predicted molar refractivity (Wildman–Crippen MR) is 136 cm³/mol. The van der Waals surface area contributed by atoms with Gasteiger partial charge in [-0.3, -0.25) is 24.5 Å². The van der Waals surface area contributed by atoms with E-state index < -0.39 is 52.4 Å². The third kappa shape index (κ3) is 5.95. The first-order chi connectivity index (χ1) is 18.2. The van der Waals surface area contributed by atoms with Crippen molar-refractivity contribution in [2.75, 3.05) is 0 Å². The topological polar surface area (TPSA) is 133 Å². The van der Waals surface area contributed by atoms with Crippen LogP contribution in [0.25, 0.3) is 0 Å². The van der Waals surface area contributed by atoms with E-state index in [2.05, 4.69) is 0 Å². The maximum Gasteiger partial charge on any atom is 0.317 e. The Balaban J connectivity index is 1.71. The van der Waals surface area contributed by atoms with Crippen molar-refractivity contribution in [2.24, 2.45) is 11.8 Å². The smallest absolute Gasteiger partial charge is 0.317 e. The van der Waals surface area contributed by atoms with E-state index in [-0.39, 0.29) is 24.5 Å². The number of nitrogens with zero attached hydrogens (tertiary/aromatic N) is 1. The molecule has 196 valence electrons. The molecule has 1 aliphatic rings. The van der Waals surface area contributed by atoms with E-state index in [0.717, 1.165) is 0 Å². The Labute approximate surface area is 219 Å². The summed E-state index contributed by atoms with van der Waals surface area (Å²) in [5, 5.41) is 22.8. The molecule has 0 spiro atoms. The number of Topliss-reactive ketones (excluding diaryl/α,β-unsaturated/α-hetero) is 1. The molecule has 1 fully saturated rings. The van der Waals surface area contributed by atoms with Crippen LogP contribution >= 0.6 is 0 Å². The van der Waals surface area contributed by atoms with Gasteiger partial charge in [-0.2, -0.15) is 0 Å². The van der Waals surface area contributed by atoms with Crippen molar-refractivity contribution in [3.05, 3.63) is 112 Å². The molecule has 0 aromatic heterocycles. The van der Waals surface area contributed by atoms with E-state index in [1.54, 1.807) is 48.5 Å². The number of nitro groups is 1. The molecule has 0 heterocycles. The normalized spacial score (nSPS) is 22.9. The van der Waals surface area contributed by atoms with Crippen molar-refractivity contribution in [1.29, 1.82) is 0 Å². The number of carbonyl (C=O) groups excluding carboxylic acids is 3. The van der Waals surface area contributed by atoms with Gasteiger partial charge in [0.15, 0.2) is 5.78 Å². The van der Waals surface area contributed by atoms with Crippen molar-refractivity contribution in [3.63, 3.8) is 0 Å². The van der Waals surface area contributed by atoms with E-state index in [9.17, 15) is 29.6 Å². The number of hydrogen-bond acceptors (Lipinski definition) is 8. The Morgan fingerprint density at radius 3 is 2.03 bits per heavy atom. The molecule has 38 heavy (non-hydrogen) atoms. The van der Waals surface area contributed by atoms with Crippen LogP contribution in [0.15, 0.2) is 84.9 Å². The van der Waals surface area contributed by atoms with Crippen LogP contribution in [0.1, 0.15) is 36.0 Å². The highest BCUT2D eigenvalue weighted by atomic mass is 16.6. The number of aliphatic hydroxyl groups is 1. The van der Waals surface area contributed by atoms with Crippen molar-refractivity contribution < 1.29 is 33.9 Å². The van der Waals surface area contributed by atoms with Crippen LogP contribution in [0.2, 0.25) is 0 Å². The lowest BCUT2D eigenvalue weighted by atomic mass is 9.61. The van der Waals surface area contributed by atoms with Crippen LogP contribution in [0, 0.1) is 22.0 Å². The van der Waals surface area contributed by atoms with Crippen LogP contribution in [0.3, 0.4) is 0 Å². The van der Waals surface area contributed by atoms with Gasteiger partial charge >= 0.3 is 11.9 Å². The number of ether oxygens (including phenoxy) is 2. The van der Waals surface area contributed by atoms with Crippen molar-refractivity contribution in [3.8, 4) is 0 Å². The Kier molecular flexibility index (Phi) is 7.97. The molecule has 0 unspecified atom stereocenters. The van der Waals surface area contributed by atoms with Crippen molar-refractivity contribution >= 4 is 23.4 Å². The average Bonchev–Trinajstić information content (AvgIpc) is 2.90. The highest BCUT2D eigenvalue weighted by Crippen LogP contribution is 2.47. The summed E-state index contributed by atoms with van der Waals surface area (Å²) in [7, 11) is 0. The quantitative estimate of drug-likeness (QED) is 0.204. The van der Waals surface area contributed by atoms with E-state index in [1.165, 1.54) is 31.2 Å². The van der Waals surface area contributed by atoms with Crippen LogP contribution in [-0.2, 0) is 37.1 Å². The van der Waals surface area contributed by atoms with Crippen molar-refractivity contribution in [1.82, 2.24) is 0 Å². The molecule has 1 aliphatic carbocycles. The SMILES string of the molecule is C[C@]1(O)CC(=O)[C@H](C(=O)OCc2ccccc2)[C@H](c2cccc([N+](=O)[O-])c2)[C@@H]1C(=O)OCc1ccccc1. The van der Waals surface area contributed by atoms with Crippen LogP contribution in [-0.4, -0.2) is 33.4 Å². The minimum Gasteiger partial charge on any atom is -0.461 e. The molecule has 0 amide bonds. The lowest BCUT2D eigenvalue weighted by Gasteiger charge is -2.43. The Morgan fingerprint density at radius 2 is 1.47 bits per heavy atom. The van der Waals surface area contributed by atoms with Gasteiger partial charge in [0.25, 0.3) is 5.69 Å². The Morgan fingerprint density at radius 1 is 0.921 bits per heavy atom. The number of rotatable bonds is 8. The molecular weight excluding hydrogens is 490 g/mol. The van der Waals surface area contributed by atoms with Crippen LogP contribution in [0.4, 0.5) is 5.69 Å². The van der Waals surface area contributed by atoms with Crippen LogP contribution in [0.5, 0.6) is 0 Å². The highest BCUT2D eigenvalue weighted by Gasteiger charge is 2.57. The van der Waals surface area contributed by atoms with Gasteiger partial charge in [0.05, 0.1) is 16.4 Å². The van der Waals surface area contributed by atoms with E-state index in [0.29, 0.717) is 11.1 Å². The fourth-order valence-corrected chi connectivity index (χ4v) is 4.90. The summed E-state index contributed by atoms with van der Waals surface area (Å²) in [6, 6.07) is 23.1. The first kappa shape index (κ1) is 26.7. The first-order valence-electron chi connectivity index (χ1n) is 12.1. The standard InChI is InChI=1S/C29H27NO8/c1-29(34)16-23(31)25(27(32)37-17-19-9-4-2-5-10-19)24(21-13-8-14-22(15-21)30(35)36)26(29)28(33)38-18-20-11-6-3-7-12-20/h2-15,24-26,34H,16-18H2,1H3/t24-,25-,26+,29-/m0/s1. The number of carbonyl (C=O) groups is 3. The lowest BCUT2D eigenvalue weighted by molar-refractivity contribution is -0.385. The minimum absolute atomic E-state index is 0.0923. The monoisotopic (exact) mass is 517 g/mol. The van der Waals surface area contributed by atoms with Crippen LogP contribution < -0.4 is 0 Å². The Hall–Kier alpha value is -4.37. The zero-order valence-electron chi connectivity index (χ0n) is 20.7. The zero-order valence-corrected chi connectivity index (χ0v) is 20.7. The van der Waals surface area contributed by atoms with Gasteiger partial charge in [0.1, 0.15) is 19.1 Å². The second-order valence-corrected chi connectivity index (χ2v) is 9.52. The number of esters is 2. The molecule has 4 atom stereocenters. The second-order valence-electron chi connectivity index (χ2n) is 9.52.